The van der Waals surface area contributed by atoms with Crippen LogP contribution in [0.1, 0.15) is 38.8 Å². The van der Waals surface area contributed by atoms with Gasteiger partial charge in [-0.3, -0.25) is 0 Å². The standard InChI is InChI=1S/C31H33ClFN5O4/c1-5-38(30(39)42-31(2,3)4)13-14-41-36-18-21-9-11-27-25(16-21)29(35-20-34-27)37-24-10-12-28(26(32)17-24)40-19-22-7-6-8-23(33)15-22/h6-12,15-18,20H,5,13-14,19H2,1-4H3,(H,34,35,37). The molecule has 0 atom stereocenters. The SMILES string of the molecule is CCN(CCON=Cc1ccc2ncnc(Nc3ccc(OCc4cccc(F)c4)c(Cl)c3)c2c1)C(=O)OC(C)(C)C. The Hall–Kier alpha value is -4.44. The van der Waals surface area contributed by atoms with Crippen LogP contribution in [-0.2, 0) is 16.2 Å². The van der Waals surface area contributed by atoms with Gasteiger partial charge in [0, 0.05) is 17.6 Å². The highest BCUT2D eigenvalue weighted by atomic mass is 35.5. The van der Waals surface area contributed by atoms with Crippen molar-refractivity contribution in [3.8, 4) is 5.75 Å². The van der Waals surface area contributed by atoms with Gasteiger partial charge in [-0.25, -0.2) is 19.2 Å². The maximum atomic E-state index is 13.4. The zero-order valence-electron chi connectivity index (χ0n) is 23.9. The third kappa shape index (κ3) is 8.78. The van der Waals surface area contributed by atoms with Gasteiger partial charge in [0.05, 0.1) is 23.3 Å². The molecule has 0 unspecified atom stereocenters. The van der Waals surface area contributed by atoms with Crippen LogP contribution >= 0.6 is 11.6 Å². The summed E-state index contributed by atoms with van der Waals surface area (Å²) in [6.07, 6.45) is 2.67. The van der Waals surface area contributed by atoms with E-state index in [4.69, 9.17) is 25.9 Å². The van der Waals surface area contributed by atoms with Crippen molar-refractivity contribution in [2.45, 2.75) is 39.9 Å². The van der Waals surface area contributed by atoms with Crippen molar-refractivity contribution in [1.29, 1.82) is 0 Å². The molecule has 220 valence electrons. The van der Waals surface area contributed by atoms with Gasteiger partial charge in [0.2, 0.25) is 0 Å². The fourth-order valence-corrected chi connectivity index (χ4v) is 4.12. The van der Waals surface area contributed by atoms with E-state index in [1.54, 1.807) is 35.4 Å². The molecule has 0 aliphatic carbocycles. The van der Waals surface area contributed by atoms with Gasteiger partial charge in [0.1, 0.15) is 42.5 Å². The molecule has 0 bridgehead atoms. The highest BCUT2D eigenvalue weighted by Crippen LogP contribution is 2.31. The molecule has 4 aromatic rings. The number of carbonyl (C=O) groups excluding carboxylic acids is 1. The van der Waals surface area contributed by atoms with Gasteiger partial charge in [0.15, 0.2) is 0 Å². The van der Waals surface area contributed by atoms with Crippen molar-refractivity contribution in [2.24, 2.45) is 5.16 Å². The molecular formula is C31H33ClFN5O4. The van der Waals surface area contributed by atoms with Crippen LogP contribution in [0.4, 0.5) is 20.7 Å². The normalized spacial score (nSPS) is 11.5. The molecule has 0 aliphatic rings. The molecule has 1 amide bonds. The summed E-state index contributed by atoms with van der Waals surface area (Å²) in [6, 6.07) is 17.1. The number of likely N-dealkylation sites (N-methyl/N-ethyl adjacent to an activating group) is 1. The highest BCUT2D eigenvalue weighted by Gasteiger charge is 2.20. The Labute approximate surface area is 249 Å². The lowest BCUT2D eigenvalue weighted by Gasteiger charge is -2.26. The number of aromatic nitrogens is 2. The summed E-state index contributed by atoms with van der Waals surface area (Å²) in [5.74, 6) is 0.738. The van der Waals surface area contributed by atoms with Crippen LogP contribution in [-0.4, -0.2) is 52.5 Å². The summed E-state index contributed by atoms with van der Waals surface area (Å²) in [5.41, 5.74) is 2.36. The Bertz CT molecular complexity index is 1560. The van der Waals surface area contributed by atoms with E-state index in [9.17, 15) is 9.18 Å². The maximum Gasteiger partial charge on any atom is 0.410 e. The Balaban J connectivity index is 1.38. The summed E-state index contributed by atoms with van der Waals surface area (Å²) >= 11 is 6.46. The number of oxime groups is 1. The number of rotatable bonds is 11. The number of hydrogen-bond donors (Lipinski definition) is 1. The van der Waals surface area contributed by atoms with Crippen LogP contribution in [0.25, 0.3) is 10.9 Å². The summed E-state index contributed by atoms with van der Waals surface area (Å²) < 4.78 is 24.6. The molecule has 0 saturated heterocycles. The molecule has 1 N–H and O–H groups in total. The number of nitrogens with one attached hydrogen (secondary N) is 1. The predicted octanol–water partition coefficient (Wildman–Crippen LogP) is 7.35. The minimum absolute atomic E-state index is 0.190. The first-order valence-corrected chi connectivity index (χ1v) is 13.8. The predicted molar refractivity (Wildman–Crippen MR) is 162 cm³/mol. The molecule has 1 heterocycles. The van der Waals surface area contributed by atoms with Crippen molar-refractivity contribution in [3.63, 3.8) is 0 Å². The number of ether oxygens (including phenoxy) is 2. The minimum Gasteiger partial charge on any atom is -0.487 e. The van der Waals surface area contributed by atoms with E-state index >= 15 is 0 Å². The molecule has 0 aliphatic heterocycles. The van der Waals surface area contributed by atoms with Crippen molar-refractivity contribution in [3.05, 3.63) is 89.0 Å². The van der Waals surface area contributed by atoms with Gasteiger partial charge in [-0.15, -0.1) is 0 Å². The fraction of sp³-hybridized carbons (Fsp3) is 0.290. The summed E-state index contributed by atoms with van der Waals surface area (Å²) in [6.45, 7) is 8.61. The largest absolute Gasteiger partial charge is 0.487 e. The lowest BCUT2D eigenvalue weighted by molar-refractivity contribution is 0.0192. The van der Waals surface area contributed by atoms with E-state index in [-0.39, 0.29) is 25.1 Å². The van der Waals surface area contributed by atoms with E-state index in [1.165, 1.54) is 18.5 Å². The first kappa shape index (κ1) is 30.5. The molecule has 0 radical (unpaired) electrons. The molecule has 0 saturated carbocycles. The smallest absolute Gasteiger partial charge is 0.410 e. The number of anilines is 2. The number of carbonyl (C=O) groups is 1. The van der Waals surface area contributed by atoms with Gasteiger partial charge < -0.3 is 24.5 Å². The van der Waals surface area contributed by atoms with Crippen LogP contribution < -0.4 is 10.1 Å². The van der Waals surface area contributed by atoms with E-state index < -0.39 is 5.60 Å². The number of halogens is 2. The topological polar surface area (TPSA) is 98.2 Å². The van der Waals surface area contributed by atoms with Gasteiger partial charge in [-0.1, -0.05) is 35.0 Å². The van der Waals surface area contributed by atoms with Crippen LogP contribution in [0.5, 0.6) is 5.75 Å². The molecule has 1 aromatic heterocycles. The second kappa shape index (κ2) is 14.0. The second-order valence-electron chi connectivity index (χ2n) is 10.3. The fourth-order valence-electron chi connectivity index (χ4n) is 3.88. The maximum absolute atomic E-state index is 13.4. The molecule has 0 spiro atoms. The third-order valence-electron chi connectivity index (χ3n) is 5.90. The van der Waals surface area contributed by atoms with E-state index in [0.29, 0.717) is 40.9 Å². The molecule has 3 aromatic carbocycles. The van der Waals surface area contributed by atoms with Crippen molar-refractivity contribution < 1.29 is 23.5 Å². The lowest BCUT2D eigenvalue weighted by atomic mass is 10.1. The molecule has 4 rings (SSSR count). The number of amides is 1. The van der Waals surface area contributed by atoms with Gasteiger partial charge >= 0.3 is 6.09 Å². The van der Waals surface area contributed by atoms with Crippen molar-refractivity contribution >= 4 is 46.3 Å². The van der Waals surface area contributed by atoms with Gasteiger partial charge in [0.25, 0.3) is 0 Å². The van der Waals surface area contributed by atoms with Crippen LogP contribution in [0.3, 0.4) is 0 Å². The zero-order chi connectivity index (χ0) is 30.1. The summed E-state index contributed by atoms with van der Waals surface area (Å²) in [5, 5.41) is 8.50. The van der Waals surface area contributed by atoms with Gasteiger partial charge in [-0.05, 0) is 81.3 Å². The van der Waals surface area contributed by atoms with Crippen LogP contribution in [0, 0.1) is 5.82 Å². The Kier molecular flexibility index (Phi) is 10.1. The number of nitrogens with zero attached hydrogens (tertiary/aromatic N) is 4. The van der Waals surface area contributed by atoms with Gasteiger partial charge in [-0.2, -0.15) is 0 Å². The Morgan fingerprint density at radius 3 is 2.69 bits per heavy atom. The number of fused-ring (bicyclic) bond motifs is 1. The first-order chi connectivity index (χ1) is 20.1. The molecule has 42 heavy (non-hydrogen) atoms. The summed E-state index contributed by atoms with van der Waals surface area (Å²) in [4.78, 5) is 28.0. The average Bonchev–Trinajstić information content (AvgIpc) is 2.94. The van der Waals surface area contributed by atoms with Crippen LogP contribution in [0.15, 0.2) is 72.1 Å². The Morgan fingerprint density at radius 1 is 1.12 bits per heavy atom. The third-order valence-corrected chi connectivity index (χ3v) is 6.19. The van der Waals surface area contributed by atoms with Crippen LogP contribution in [0.2, 0.25) is 5.02 Å². The molecular weight excluding hydrogens is 561 g/mol. The number of hydrogen-bond acceptors (Lipinski definition) is 8. The highest BCUT2D eigenvalue weighted by molar-refractivity contribution is 6.32. The quantitative estimate of drug-likeness (QED) is 0.110. The monoisotopic (exact) mass is 593 g/mol. The van der Waals surface area contributed by atoms with E-state index in [2.05, 4.69) is 20.4 Å². The van der Waals surface area contributed by atoms with E-state index in [0.717, 1.165) is 16.5 Å². The van der Waals surface area contributed by atoms with Crippen molar-refractivity contribution in [2.75, 3.05) is 25.0 Å². The minimum atomic E-state index is -0.563. The zero-order valence-corrected chi connectivity index (χ0v) is 24.7. The lowest BCUT2D eigenvalue weighted by Crippen LogP contribution is -2.38. The van der Waals surface area contributed by atoms with Crippen molar-refractivity contribution in [1.82, 2.24) is 14.9 Å². The first-order valence-electron chi connectivity index (χ1n) is 13.4. The molecule has 9 nitrogen and oxygen atoms in total. The molecule has 0 fully saturated rings. The number of benzene rings is 3. The summed E-state index contributed by atoms with van der Waals surface area (Å²) in [7, 11) is 0. The second-order valence-corrected chi connectivity index (χ2v) is 10.7. The average molecular weight is 594 g/mol. The Morgan fingerprint density at radius 2 is 1.95 bits per heavy atom. The van der Waals surface area contributed by atoms with E-state index in [1.807, 2.05) is 52.0 Å². The molecule has 11 heteroatoms.